The van der Waals surface area contributed by atoms with Crippen LogP contribution in [0.15, 0.2) is 53.5 Å². The number of rotatable bonds is 6. The first-order valence-electron chi connectivity index (χ1n) is 9.12. The van der Waals surface area contributed by atoms with Crippen molar-refractivity contribution in [3.63, 3.8) is 0 Å². The second-order valence-electron chi connectivity index (χ2n) is 6.33. The van der Waals surface area contributed by atoms with E-state index in [4.69, 9.17) is 11.6 Å². The number of anilines is 2. The van der Waals surface area contributed by atoms with Gasteiger partial charge in [-0.15, -0.1) is 8.78 Å². The third-order valence-electron chi connectivity index (χ3n) is 4.08. The van der Waals surface area contributed by atoms with Crippen molar-refractivity contribution in [3.8, 4) is 5.75 Å². The summed E-state index contributed by atoms with van der Waals surface area (Å²) in [4.78, 5) is 30.5. The van der Waals surface area contributed by atoms with Gasteiger partial charge in [0.25, 0.3) is 0 Å². The summed E-state index contributed by atoms with van der Waals surface area (Å²) in [5, 5.41) is 2.67. The van der Waals surface area contributed by atoms with Crippen LogP contribution in [0.3, 0.4) is 0 Å². The first-order valence-corrected chi connectivity index (χ1v) is 10.4. The van der Waals surface area contributed by atoms with Crippen molar-refractivity contribution >= 4 is 51.7 Å². The molecule has 1 aliphatic heterocycles. The molecule has 1 heterocycles. The Kier molecular flexibility index (Phi) is 7.11. The molecule has 2 aromatic rings. The van der Waals surface area contributed by atoms with E-state index in [1.807, 2.05) is 0 Å². The van der Waals surface area contributed by atoms with E-state index < -0.39 is 28.4 Å². The zero-order valence-corrected chi connectivity index (χ0v) is 17.7. The zero-order chi connectivity index (χ0) is 22.6. The molecule has 1 saturated heterocycles. The van der Waals surface area contributed by atoms with Gasteiger partial charge in [-0.1, -0.05) is 11.8 Å². The van der Waals surface area contributed by atoms with E-state index >= 15 is 0 Å². The SMILES string of the molecule is CCN=C(Nc1ccc(OC(F)(F)Cl)cc1)SC1CC(=O)N(c2ccc(F)cc2)C1=O. The third-order valence-corrected chi connectivity index (χ3v) is 5.27. The predicted octanol–water partition coefficient (Wildman–Crippen LogP) is 4.85. The van der Waals surface area contributed by atoms with Gasteiger partial charge in [-0.25, -0.2) is 9.29 Å². The van der Waals surface area contributed by atoms with Crippen LogP contribution >= 0.6 is 23.4 Å². The monoisotopic (exact) mass is 471 g/mol. The number of ether oxygens (including phenoxy) is 1. The zero-order valence-electron chi connectivity index (χ0n) is 16.1. The molecule has 2 amide bonds. The Bertz CT molecular complexity index is 982. The molecule has 31 heavy (non-hydrogen) atoms. The van der Waals surface area contributed by atoms with E-state index in [0.29, 0.717) is 23.1 Å². The molecule has 1 aliphatic rings. The maximum absolute atomic E-state index is 13.1. The number of carbonyl (C=O) groups is 2. The number of hydrogen-bond acceptors (Lipinski definition) is 5. The lowest BCUT2D eigenvalue weighted by atomic mass is 10.3. The van der Waals surface area contributed by atoms with Gasteiger partial charge >= 0.3 is 5.57 Å². The fourth-order valence-electron chi connectivity index (χ4n) is 2.81. The maximum atomic E-state index is 13.1. The number of hydrogen-bond donors (Lipinski definition) is 1. The minimum atomic E-state index is -3.81. The van der Waals surface area contributed by atoms with Crippen LogP contribution in [0, 0.1) is 5.82 Å². The number of aliphatic imine (C=N–C) groups is 1. The first kappa shape index (κ1) is 23.0. The summed E-state index contributed by atoms with van der Waals surface area (Å²) < 4.78 is 42.8. The summed E-state index contributed by atoms with van der Waals surface area (Å²) in [6, 6.07) is 10.6. The standard InChI is InChI=1S/C20H17ClF3N3O3S/c1-2-25-19(26-13-5-9-15(10-6-13)30-20(21,23)24)31-16-11-17(28)27(18(16)29)14-7-3-12(22)4-8-14/h3-10,16H,2,11H2,1H3,(H,25,26). The molecule has 3 rings (SSSR count). The minimum absolute atomic E-state index is 0.0388. The van der Waals surface area contributed by atoms with Crippen molar-refractivity contribution in [1.82, 2.24) is 0 Å². The van der Waals surface area contributed by atoms with Gasteiger partial charge in [0, 0.05) is 30.3 Å². The number of amidine groups is 1. The quantitative estimate of drug-likeness (QED) is 0.282. The molecule has 0 bridgehead atoms. The summed E-state index contributed by atoms with van der Waals surface area (Å²) in [5.74, 6) is -1.42. The average Bonchev–Trinajstić information content (AvgIpc) is 2.96. The number of thioether (sulfide) groups is 1. The molecule has 0 spiro atoms. The smallest absolute Gasteiger partial charge is 0.420 e. The van der Waals surface area contributed by atoms with E-state index in [1.165, 1.54) is 48.5 Å². The highest BCUT2D eigenvalue weighted by Gasteiger charge is 2.40. The van der Waals surface area contributed by atoms with E-state index in [-0.39, 0.29) is 12.2 Å². The molecule has 1 unspecified atom stereocenters. The number of nitrogens with one attached hydrogen (secondary N) is 1. The van der Waals surface area contributed by atoms with Crippen molar-refractivity contribution in [3.05, 3.63) is 54.3 Å². The van der Waals surface area contributed by atoms with Crippen molar-refractivity contribution < 1.29 is 27.5 Å². The van der Waals surface area contributed by atoms with Crippen LogP contribution in [0.1, 0.15) is 13.3 Å². The van der Waals surface area contributed by atoms with Crippen LogP contribution in [0.25, 0.3) is 0 Å². The Labute approximate surface area is 185 Å². The molecule has 0 aliphatic carbocycles. The van der Waals surface area contributed by atoms with Gasteiger partial charge in [0.05, 0.1) is 5.69 Å². The fourth-order valence-corrected chi connectivity index (χ4v) is 3.98. The van der Waals surface area contributed by atoms with Crippen molar-refractivity contribution in [1.29, 1.82) is 0 Å². The highest BCUT2D eigenvalue weighted by Crippen LogP contribution is 2.31. The highest BCUT2D eigenvalue weighted by atomic mass is 35.5. The van der Waals surface area contributed by atoms with Gasteiger partial charge in [-0.3, -0.25) is 14.6 Å². The number of imide groups is 1. The lowest BCUT2D eigenvalue weighted by molar-refractivity contribution is -0.121. The topological polar surface area (TPSA) is 71.0 Å². The normalized spacial score (nSPS) is 17.3. The molecule has 1 N–H and O–H groups in total. The van der Waals surface area contributed by atoms with Crippen LogP contribution in [-0.2, 0) is 9.59 Å². The van der Waals surface area contributed by atoms with Crippen LogP contribution in [0.5, 0.6) is 5.75 Å². The Morgan fingerprint density at radius 1 is 1.23 bits per heavy atom. The average molecular weight is 472 g/mol. The van der Waals surface area contributed by atoms with Crippen molar-refractivity contribution in [2.24, 2.45) is 4.99 Å². The number of benzene rings is 2. The first-order chi connectivity index (χ1) is 14.7. The number of nitrogens with zero attached hydrogens (tertiary/aromatic N) is 2. The van der Waals surface area contributed by atoms with Gasteiger partial charge in [0.15, 0.2) is 5.17 Å². The lowest BCUT2D eigenvalue weighted by Gasteiger charge is -2.16. The van der Waals surface area contributed by atoms with Crippen molar-refractivity contribution in [2.75, 3.05) is 16.8 Å². The third kappa shape index (κ3) is 6.14. The molecule has 164 valence electrons. The van der Waals surface area contributed by atoms with Gasteiger partial charge in [-0.05, 0) is 55.5 Å². The molecule has 11 heteroatoms. The molecule has 6 nitrogen and oxygen atoms in total. The van der Waals surface area contributed by atoms with E-state index in [1.54, 1.807) is 6.92 Å². The summed E-state index contributed by atoms with van der Waals surface area (Å²) >= 11 is 5.82. The Balaban J connectivity index is 1.69. The summed E-state index contributed by atoms with van der Waals surface area (Å²) in [7, 11) is 0. The van der Waals surface area contributed by atoms with Crippen LogP contribution in [-0.4, -0.2) is 34.3 Å². The number of halogens is 4. The summed E-state index contributed by atoms with van der Waals surface area (Å²) in [6.45, 7) is 2.21. The molecule has 2 aromatic carbocycles. The Hall–Kier alpha value is -2.72. The molecule has 1 atom stereocenters. The molecular weight excluding hydrogens is 455 g/mol. The highest BCUT2D eigenvalue weighted by molar-refractivity contribution is 8.15. The fraction of sp³-hybridized carbons (Fsp3) is 0.250. The van der Waals surface area contributed by atoms with Gasteiger partial charge < -0.3 is 10.1 Å². The van der Waals surface area contributed by atoms with Gasteiger partial charge in [0.2, 0.25) is 11.8 Å². The lowest BCUT2D eigenvalue weighted by Crippen LogP contribution is -2.31. The van der Waals surface area contributed by atoms with Crippen LogP contribution in [0.4, 0.5) is 24.5 Å². The molecular formula is C20H17ClF3N3O3S. The van der Waals surface area contributed by atoms with E-state index in [0.717, 1.165) is 16.7 Å². The summed E-state index contributed by atoms with van der Waals surface area (Å²) in [6.07, 6.45) is -0.0388. The minimum Gasteiger partial charge on any atom is -0.420 e. The Morgan fingerprint density at radius 3 is 2.45 bits per heavy atom. The van der Waals surface area contributed by atoms with Gasteiger partial charge in [0.1, 0.15) is 16.8 Å². The second kappa shape index (κ2) is 9.61. The van der Waals surface area contributed by atoms with Crippen LogP contribution in [0.2, 0.25) is 0 Å². The van der Waals surface area contributed by atoms with Crippen molar-refractivity contribution in [2.45, 2.75) is 24.2 Å². The van der Waals surface area contributed by atoms with Crippen LogP contribution < -0.4 is 15.0 Å². The molecule has 0 radical (unpaired) electrons. The number of amides is 2. The Morgan fingerprint density at radius 2 is 1.87 bits per heavy atom. The van der Waals surface area contributed by atoms with E-state index in [9.17, 15) is 22.8 Å². The molecule has 1 fully saturated rings. The van der Waals surface area contributed by atoms with Gasteiger partial charge in [-0.2, -0.15) is 0 Å². The molecule has 0 saturated carbocycles. The summed E-state index contributed by atoms with van der Waals surface area (Å²) in [5.41, 5.74) is -3.00. The number of carbonyl (C=O) groups excluding carboxylic acids is 2. The van der Waals surface area contributed by atoms with E-state index in [2.05, 4.69) is 15.0 Å². The predicted molar refractivity (Wildman–Crippen MR) is 114 cm³/mol. The number of alkyl halides is 3. The second-order valence-corrected chi connectivity index (χ2v) is 7.96. The largest absolute Gasteiger partial charge is 0.487 e. The molecule has 0 aromatic heterocycles. The maximum Gasteiger partial charge on any atom is 0.487 e.